The highest BCUT2D eigenvalue weighted by molar-refractivity contribution is 5.57. The van der Waals surface area contributed by atoms with Crippen molar-refractivity contribution in [1.82, 2.24) is 9.97 Å². The number of ether oxygens (including phenoxy) is 2. The molecule has 0 bridgehead atoms. The third kappa shape index (κ3) is 3.40. The molecule has 1 N–H and O–H groups in total. The molecule has 2 aromatic rings. The van der Waals surface area contributed by atoms with Crippen LogP contribution in [-0.4, -0.2) is 42.1 Å². The van der Waals surface area contributed by atoms with Crippen LogP contribution in [0.4, 0.5) is 17.5 Å². The summed E-state index contributed by atoms with van der Waals surface area (Å²) in [6.45, 7) is 3.04. The maximum Gasteiger partial charge on any atom is 0.229 e. The molecule has 1 aromatic carbocycles. The Labute approximate surface area is 146 Å². The predicted molar refractivity (Wildman–Crippen MR) is 92.6 cm³/mol. The zero-order chi connectivity index (χ0) is 17.1. The lowest BCUT2D eigenvalue weighted by atomic mass is 10.0. The number of aromatic nitrogens is 2. The monoisotopic (exact) mass is 337 g/mol. The van der Waals surface area contributed by atoms with E-state index in [4.69, 9.17) is 14.7 Å². The molecule has 2 aliphatic heterocycles. The van der Waals surface area contributed by atoms with Gasteiger partial charge in [0, 0.05) is 37.8 Å². The molecule has 2 fully saturated rings. The van der Waals surface area contributed by atoms with Gasteiger partial charge in [-0.2, -0.15) is 10.2 Å². The van der Waals surface area contributed by atoms with Gasteiger partial charge in [-0.25, -0.2) is 4.98 Å². The summed E-state index contributed by atoms with van der Waals surface area (Å²) in [5.41, 5.74) is 1.39. The van der Waals surface area contributed by atoms with E-state index < -0.39 is 0 Å². The van der Waals surface area contributed by atoms with E-state index in [9.17, 15) is 0 Å². The molecule has 0 saturated carbocycles. The molecular weight excluding hydrogens is 318 g/mol. The molecule has 7 heteroatoms. The molecular formula is C18H19N5O2. The van der Waals surface area contributed by atoms with E-state index in [0.29, 0.717) is 24.7 Å². The van der Waals surface area contributed by atoms with Gasteiger partial charge in [0.15, 0.2) is 5.79 Å². The second-order valence-electron chi connectivity index (χ2n) is 6.15. The second kappa shape index (κ2) is 6.67. The van der Waals surface area contributed by atoms with Crippen molar-refractivity contribution in [1.29, 1.82) is 5.26 Å². The summed E-state index contributed by atoms with van der Waals surface area (Å²) in [6, 6.07) is 11.3. The van der Waals surface area contributed by atoms with Crippen molar-refractivity contribution < 1.29 is 9.47 Å². The van der Waals surface area contributed by atoms with E-state index in [0.717, 1.165) is 37.4 Å². The van der Waals surface area contributed by atoms with Crippen molar-refractivity contribution >= 4 is 17.5 Å². The Hall–Kier alpha value is -2.69. The second-order valence-corrected chi connectivity index (χ2v) is 6.15. The number of hydrogen-bond donors (Lipinski definition) is 1. The van der Waals surface area contributed by atoms with Gasteiger partial charge in [0.1, 0.15) is 5.82 Å². The van der Waals surface area contributed by atoms with E-state index in [2.05, 4.69) is 26.3 Å². The summed E-state index contributed by atoms with van der Waals surface area (Å²) >= 11 is 0. The van der Waals surface area contributed by atoms with Crippen LogP contribution in [0.25, 0.3) is 0 Å². The number of piperidine rings is 1. The molecule has 0 atom stereocenters. The molecule has 25 heavy (non-hydrogen) atoms. The summed E-state index contributed by atoms with van der Waals surface area (Å²) in [7, 11) is 0. The SMILES string of the molecule is N#Cc1cccc(Nc2nccc(N3CCC4(CC3)OCCO4)n2)c1. The molecule has 7 nitrogen and oxygen atoms in total. The molecule has 2 saturated heterocycles. The average molecular weight is 337 g/mol. The van der Waals surface area contributed by atoms with Crippen molar-refractivity contribution in [3.05, 3.63) is 42.1 Å². The van der Waals surface area contributed by atoms with E-state index in [-0.39, 0.29) is 5.79 Å². The van der Waals surface area contributed by atoms with Crippen LogP contribution in [0.3, 0.4) is 0 Å². The van der Waals surface area contributed by atoms with Crippen LogP contribution in [0.5, 0.6) is 0 Å². The highest BCUT2D eigenvalue weighted by Crippen LogP contribution is 2.32. The molecule has 1 aromatic heterocycles. The van der Waals surface area contributed by atoms with Crippen LogP contribution in [-0.2, 0) is 9.47 Å². The minimum Gasteiger partial charge on any atom is -0.356 e. The molecule has 0 unspecified atom stereocenters. The van der Waals surface area contributed by atoms with Crippen molar-refractivity contribution in [2.75, 3.05) is 36.5 Å². The molecule has 4 rings (SSSR count). The van der Waals surface area contributed by atoms with Crippen LogP contribution in [0, 0.1) is 11.3 Å². The Bertz CT molecular complexity index is 788. The minimum atomic E-state index is -0.387. The molecule has 0 aliphatic carbocycles. The smallest absolute Gasteiger partial charge is 0.229 e. The normalized spacial score (nSPS) is 18.9. The van der Waals surface area contributed by atoms with Crippen LogP contribution in [0.15, 0.2) is 36.5 Å². The number of nitrogens with zero attached hydrogens (tertiary/aromatic N) is 4. The van der Waals surface area contributed by atoms with E-state index in [1.807, 2.05) is 18.2 Å². The quantitative estimate of drug-likeness (QED) is 0.921. The first kappa shape index (κ1) is 15.8. The van der Waals surface area contributed by atoms with Crippen molar-refractivity contribution in [2.45, 2.75) is 18.6 Å². The van der Waals surface area contributed by atoms with Crippen LogP contribution >= 0.6 is 0 Å². The number of hydrogen-bond acceptors (Lipinski definition) is 7. The molecule has 128 valence electrons. The number of benzene rings is 1. The van der Waals surface area contributed by atoms with Crippen molar-refractivity contribution in [2.24, 2.45) is 0 Å². The Morgan fingerprint density at radius 1 is 1.16 bits per heavy atom. The fourth-order valence-corrected chi connectivity index (χ4v) is 3.24. The Kier molecular flexibility index (Phi) is 4.22. The lowest BCUT2D eigenvalue weighted by molar-refractivity contribution is -0.169. The van der Waals surface area contributed by atoms with Gasteiger partial charge in [0.25, 0.3) is 0 Å². The topological polar surface area (TPSA) is 83.3 Å². The minimum absolute atomic E-state index is 0.387. The lowest BCUT2D eigenvalue weighted by Gasteiger charge is -2.38. The number of nitrogens with one attached hydrogen (secondary N) is 1. The Morgan fingerprint density at radius 2 is 1.96 bits per heavy atom. The Morgan fingerprint density at radius 3 is 2.72 bits per heavy atom. The van der Waals surface area contributed by atoms with Gasteiger partial charge in [0.2, 0.25) is 5.95 Å². The highest BCUT2D eigenvalue weighted by Gasteiger charge is 2.40. The standard InChI is InChI=1S/C18H19N5O2/c19-13-14-2-1-3-15(12-14)21-17-20-7-4-16(22-17)23-8-5-18(6-9-23)24-10-11-25-18/h1-4,7,12H,5-6,8-11H2,(H,20,21,22). The largest absolute Gasteiger partial charge is 0.356 e. The van der Waals surface area contributed by atoms with Gasteiger partial charge in [0.05, 0.1) is 24.8 Å². The number of anilines is 3. The molecule has 3 heterocycles. The third-order valence-corrected chi connectivity index (χ3v) is 4.55. The van der Waals surface area contributed by atoms with Crippen molar-refractivity contribution in [3.63, 3.8) is 0 Å². The van der Waals surface area contributed by atoms with Gasteiger partial charge >= 0.3 is 0 Å². The number of nitriles is 1. The average Bonchev–Trinajstić information content (AvgIpc) is 3.11. The van der Waals surface area contributed by atoms with Crippen LogP contribution in [0.2, 0.25) is 0 Å². The summed E-state index contributed by atoms with van der Waals surface area (Å²) in [4.78, 5) is 11.1. The highest BCUT2D eigenvalue weighted by atomic mass is 16.7. The lowest BCUT2D eigenvalue weighted by Crippen LogP contribution is -2.45. The fourth-order valence-electron chi connectivity index (χ4n) is 3.24. The summed E-state index contributed by atoms with van der Waals surface area (Å²) in [5.74, 6) is 1.01. The predicted octanol–water partition coefficient (Wildman–Crippen LogP) is 2.44. The Balaban J connectivity index is 1.45. The summed E-state index contributed by atoms with van der Waals surface area (Å²) in [6.07, 6.45) is 3.42. The number of rotatable bonds is 3. The first-order valence-corrected chi connectivity index (χ1v) is 8.39. The van der Waals surface area contributed by atoms with E-state index >= 15 is 0 Å². The first-order valence-electron chi connectivity index (χ1n) is 8.39. The maximum absolute atomic E-state index is 8.99. The van der Waals surface area contributed by atoms with Crippen LogP contribution < -0.4 is 10.2 Å². The van der Waals surface area contributed by atoms with Gasteiger partial charge < -0.3 is 19.7 Å². The van der Waals surface area contributed by atoms with Gasteiger partial charge in [-0.15, -0.1) is 0 Å². The summed E-state index contributed by atoms with van der Waals surface area (Å²) < 4.78 is 11.5. The van der Waals surface area contributed by atoms with Gasteiger partial charge in [-0.1, -0.05) is 6.07 Å². The molecule has 1 spiro atoms. The van der Waals surface area contributed by atoms with Crippen LogP contribution in [0.1, 0.15) is 18.4 Å². The first-order chi connectivity index (χ1) is 12.3. The summed E-state index contributed by atoms with van der Waals surface area (Å²) in [5, 5.41) is 12.2. The van der Waals surface area contributed by atoms with E-state index in [1.165, 1.54) is 0 Å². The zero-order valence-electron chi connectivity index (χ0n) is 13.8. The van der Waals surface area contributed by atoms with E-state index in [1.54, 1.807) is 18.3 Å². The maximum atomic E-state index is 8.99. The molecule has 0 radical (unpaired) electrons. The molecule has 2 aliphatic rings. The molecule has 0 amide bonds. The zero-order valence-corrected chi connectivity index (χ0v) is 13.8. The fraction of sp³-hybridized carbons (Fsp3) is 0.389. The van der Waals surface area contributed by atoms with Gasteiger partial charge in [-0.05, 0) is 24.3 Å². The van der Waals surface area contributed by atoms with Gasteiger partial charge in [-0.3, -0.25) is 0 Å². The van der Waals surface area contributed by atoms with Crippen molar-refractivity contribution in [3.8, 4) is 6.07 Å². The third-order valence-electron chi connectivity index (χ3n) is 4.55.